The van der Waals surface area contributed by atoms with Crippen LogP contribution in [0.2, 0.25) is 0 Å². The number of primary amides is 1. The molecule has 0 saturated carbocycles. The molecular formula is C22H24N4O4. The molecule has 2 bridgehead atoms. The van der Waals surface area contributed by atoms with E-state index in [1.54, 1.807) is 51.9 Å². The third-order valence-corrected chi connectivity index (χ3v) is 5.84. The number of hydrogen-bond acceptors (Lipinski definition) is 4. The van der Waals surface area contributed by atoms with Gasteiger partial charge in [-0.1, -0.05) is 24.3 Å². The smallest absolute Gasteiger partial charge is 0.251 e. The van der Waals surface area contributed by atoms with Gasteiger partial charge < -0.3 is 20.5 Å². The average Bonchev–Trinajstić information content (AvgIpc) is 2.73. The lowest BCUT2D eigenvalue weighted by atomic mass is 9.83. The quantitative estimate of drug-likeness (QED) is 0.748. The summed E-state index contributed by atoms with van der Waals surface area (Å²) in [6.45, 7) is 1.48. The monoisotopic (exact) mass is 408 g/mol. The van der Waals surface area contributed by atoms with Crippen molar-refractivity contribution in [1.82, 2.24) is 14.8 Å². The minimum absolute atomic E-state index is 0.0243. The third kappa shape index (κ3) is 3.98. The van der Waals surface area contributed by atoms with Gasteiger partial charge in [-0.15, -0.1) is 0 Å². The summed E-state index contributed by atoms with van der Waals surface area (Å²) in [6, 6.07) is 12.7. The molecule has 3 N–H and O–H groups in total. The molecule has 3 heterocycles. The number of aromatic nitrogens is 1. The first-order valence-corrected chi connectivity index (χ1v) is 10.0. The lowest BCUT2D eigenvalue weighted by Gasteiger charge is -2.43. The highest BCUT2D eigenvalue weighted by Gasteiger charge is 2.38. The van der Waals surface area contributed by atoms with Crippen molar-refractivity contribution in [2.24, 2.45) is 11.7 Å². The fourth-order valence-corrected chi connectivity index (χ4v) is 4.53. The summed E-state index contributed by atoms with van der Waals surface area (Å²) in [5.41, 5.74) is 6.66. The van der Waals surface area contributed by atoms with Crippen LogP contribution < -0.4 is 16.6 Å². The summed E-state index contributed by atoms with van der Waals surface area (Å²) < 4.78 is 1.79. The zero-order valence-corrected chi connectivity index (χ0v) is 16.5. The maximum Gasteiger partial charge on any atom is 0.251 e. The molecule has 2 aliphatic heterocycles. The second kappa shape index (κ2) is 8.14. The zero-order valence-electron chi connectivity index (χ0n) is 16.5. The average molecular weight is 408 g/mol. The number of amides is 3. The van der Waals surface area contributed by atoms with E-state index in [-0.39, 0.29) is 29.7 Å². The first kappa shape index (κ1) is 19.9. The zero-order chi connectivity index (χ0) is 21.3. The number of carbonyl (C=O) groups excluding carboxylic acids is 3. The van der Waals surface area contributed by atoms with E-state index in [1.807, 2.05) is 6.07 Å². The Balaban J connectivity index is 1.53. The molecule has 3 amide bonds. The van der Waals surface area contributed by atoms with Crippen molar-refractivity contribution in [3.05, 3.63) is 70.1 Å². The molecule has 1 saturated heterocycles. The number of benzene rings is 1. The number of carbonyl (C=O) groups is 3. The molecule has 2 aliphatic rings. The van der Waals surface area contributed by atoms with Gasteiger partial charge in [0.2, 0.25) is 11.8 Å². The van der Waals surface area contributed by atoms with E-state index in [2.05, 4.69) is 5.32 Å². The normalized spacial score (nSPS) is 20.7. The standard InChI is InChI=1S/C22H24N4O4/c23-19(27)10-17(24-21(29)15-5-2-1-3-6-15)22(30)25-11-14-9-16(13-25)18-7-4-8-20(28)26(18)12-14/h1-8,14,16-17H,9-13H2,(H2,23,27)(H,24,29)/t14-,16+,17?/m0/s1. The van der Waals surface area contributed by atoms with E-state index in [4.69, 9.17) is 5.73 Å². The van der Waals surface area contributed by atoms with Crippen molar-refractivity contribution in [3.63, 3.8) is 0 Å². The van der Waals surface area contributed by atoms with Crippen molar-refractivity contribution in [3.8, 4) is 0 Å². The van der Waals surface area contributed by atoms with Crippen LogP contribution in [0, 0.1) is 5.92 Å². The topological polar surface area (TPSA) is 114 Å². The van der Waals surface area contributed by atoms with Crippen LogP contribution in [0.1, 0.15) is 34.8 Å². The minimum atomic E-state index is -1.02. The number of pyridine rings is 1. The van der Waals surface area contributed by atoms with Gasteiger partial charge in [-0.25, -0.2) is 0 Å². The Kier molecular flexibility index (Phi) is 5.39. The highest BCUT2D eigenvalue weighted by molar-refractivity contribution is 5.98. The number of hydrogen-bond donors (Lipinski definition) is 2. The van der Waals surface area contributed by atoms with Gasteiger partial charge in [0, 0.05) is 42.9 Å². The fourth-order valence-electron chi connectivity index (χ4n) is 4.53. The van der Waals surface area contributed by atoms with Gasteiger partial charge in [0.05, 0.1) is 6.42 Å². The van der Waals surface area contributed by atoms with Crippen LogP contribution in [0.15, 0.2) is 53.3 Å². The summed E-state index contributed by atoms with van der Waals surface area (Å²) in [5, 5.41) is 2.67. The molecule has 4 rings (SSSR count). The first-order valence-electron chi connectivity index (χ1n) is 10.0. The van der Waals surface area contributed by atoms with E-state index in [0.717, 1.165) is 12.1 Å². The highest BCUT2D eigenvalue weighted by atomic mass is 16.2. The van der Waals surface area contributed by atoms with Gasteiger partial charge in [-0.05, 0) is 30.5 Å². The van der Waals surface area contributed by atoms with E-state index < -0.39 is 17.9 Å². The van der Waals surface area contributed by atoms with Crippen molar-refractivity contribution < 1.29 is 14.4 Å². The molecule has 1 unspecified atom stereocenters. The predicted molar refractivity (Wildman–Crippen MR) is 110 cm³/mol. The van der Waals surface area contributed by atoms with Crippen LogP contribution >= 0.6 is 0 Å². The Morgan fingerprint density at radius 3 is 2.53 bits per heavy atom. The van der Waals surface area contributed by atoms with E-state index in [9.17, 15) is 19.2 Å². The van der Waals surface area contributed by atoms with Gasteiger partial charge in [-0.2, -0.15) is 0 Å². The molecule has 8 nitrogen and oxygen atoms in total. The third-order valence-electron chi connectivity index (χ3n) is 5.84. The Hall–Kier alpha value is -3.42. The number of nitrogens with one attached hydrogen (secondary N) is 1. The summed E-state index contributed by atoms with van der Waals surface area (Å²) in [7, 11) is 0. The lowest BCUT2D eigenvalue weighted by molar-refractivity contribution is -0.137. The maximum absolute atomic E-state index is 13.2. The van der Waals surface area contributed by atoms with Crippen LogP contribution in [0.4, 0.5) is 0 Å². The number of rotatable bonds is 5. The number of fused-ring (bicyclic) bond motifs is 4. The highest BCUT2D eigenvalue weighted by Crippen LogP contribution is 2.35. The molecule has 1 aromatic heterocycles. The molecule has 1 fully saturated rings. The number of nitrogens with two attached hydrogens (primary N) is 1. The minimum Gasteiger partial charge on any atom is -0.370 e. The first-order chi connectivity index (χ1) is 14.4. The van der Waals surface area contributed by atoms with E-state index in [0.29, 0.717) is 25.2 Å². The molecule has 30 heavy (non-hydrogen) atoms. The molecule has 0 aliphatic carbocycles. The number of piperidine rings is 1. The van der Waals surface area contributed by atoms with Gasteiger partial charge in [0.25, 0.3) is 11.5 Å². The van der Waals surface area contributed by atoms with E-state index >= 15 is 0 Å². The van der Waals surface area contributed by atoms with Crippen LogP contribution in [0.3, 0.4) is 0 Å². The van der Waals surface area contributed by atoms with Crippen LogP contribution in [0.5, 0.6) is 0 Å². The second-order valence-corrected chi connectivity index (χ2v) is 8.00. The largest absolute Gasteiger partial charge is 0.370 e. The predicted octanol–water partition coefficient (Wildman–Crippen LogP) is 0.468. The van der Waals surface area contributed by atoms with Gasteiger partial charge in [0.1, 0.15) is 6.04 Å². The van der Waals surface area contributed by atoms with Gasteiger partial charge in [-0.3, -0.25) is 19.2 Å². The SMILES string of the molecule is NC(=O)CC(NC(=O)c1ccccc1)C(=O)N1C[C@@H]2C[C@H](C1)c1cccc(=O)n1C2. The van der Waals surface area contributed by atoms with Gasteiger partial charge >= 0.3 is 0 Å². The lowest BCUT2D eigenvalue weighted by Crippen LogP contribution is -2.55. The summed E-state index contributed by atoms with van der Waals surface area (Å²) >= 11 is 0. The molecule has 3 atom stereocenters. The summed E-state index contributed by atoms with van der Waals surface area (Å²) in [4.78, 5) is 51.2. The molecule has 0 radical (unpaired) electrons. The fraction of sp³-hybridized carbons (Fsp3) is 0.364. The van der Waals surface area contributed by atoms with Crippen molar-refractivity contribution in [2.45, 2.75) is 31.3 Å². The Morgan fingerprint density at radius 2 is 1.80 bits per heavy atom. The Bertz CT molecular complexity index is 1030. The molecular weight excluding hydrogens is 384 g/mol. The van der Waals surface area contributed by atoms with Crippen LogP contribution in [-0.2, 0) is 16.1 Å². The van der Waals surface area contributed by atoms with E-state index in [1.165, 1.54) is 0 Å². The van der Waals surface area contributed by atoms with Crippen molar-refractivity contribution in [2.75, 3.05) is 13.1 Å². The number of nitrogens with zero attached hydrogens (tertiary/aromatic N) is 2. The number of likely N-dealkylation sites (tertiary alicyclic amines) is 1. The summed E-state index contributed by atoms with van der Waals surface area (Å²) in [5.74, 6) is -1.20. The molecule has 2 aromatic rings. The van der Waals surface area contributed by atoms with Crippen molar-refractivity contribution >= 4 is 17.7 Å². The molecule has 0 spiro atoms. The second-order valence-electron chi connectivity index (χ2n) is 8.00. The maximum atomic E-state index is 13.2. The summed E-state index contributed by atoms with van der Waals surface area (Å²) in [6.07, 6.45) is 0.642. The molecule has 8 heteroatoms. The van der Waals surface area contributed by atoms with Crippen LogP contribution in [-0.4, -0.2) is 46.3 Å². The molecule has 1 aromatic carbocycles. The molecule has 156 valence electrons. The van der Waals surface area contributed by atoms with Gasteiger partial charge in [0.15, 0.2) is 0 Å². The Morgan fingerprint density at radius 1 is 1.03 bits per heavy atom. The Labute approximate surface area is 173 Å². The van der Waals surface area contributed by atoms with Crippen LogP contribution in [0.25, 0.3) is 0 Å². The van der Waals surface area contributed by atoms with Crippen molar-refractivity contribution in [1.29, 1.82) is 0 Å².